The highest BCUT2D eigenvalue weighted by atomic mass is 16.1. The molecule has 0 aromatic rings. The Labute approximate surface area is 106 Å². The number of amides is 1. The van der Waals surface area contributed by atoms with E-state index in [2.05, 4.69) is 19.2 Å². The molecule has 1 unspecified atom stereocenters. The Balaban J connectivity index is 2.12. The smallest absolute Gasteiger partial charge is 0.220 e. The lowest BCUT2D eigenvalue weighted by Gasteiger charge is -2.23. The third kappa shape index (κ3) is 5.53. The molecular formula is C14H28N2O. The van der Waals surface area contributed by atoms with Crippen molar-refractivity contribution in [2.45, 2.75) is 58.8 Å². The molecule has 0 aromatic heterocycles. The Bertz CT molecular complexity index is 234. The molecule has 3 nitrogen and oxygen atoms in total. The maximum Gasteiger partial charge on any atom is 0.220 e. The third-order valence-electron chi connectivity index (χ3n) is 4.05. The standard InChI is InChI=1S/C14H28N2O/c1-12(7-10-15)5-6-13(17)16-11-14(2)8-3-4-9-14/h12H,3-11,15H2,1-2H3,(H,16,17). The molecule has 1 saturated carbocycles. The lowest BCUT2D eigenvalue weighted by Crippen LogP contribution is -2.34. The van der Waals surface area contributed by atoms with Gasteiger partial charge >= 0.3 is 0 Å². The van der Waals surface area contributed by atoms with Crippen LogP contribution in [0.3, 0.4) is 0 Å². The third-order valence-corrected chi connectivity index (χ3v) is 4.05. The molecule has 0 spiro atoms. The molecule has 0 bridgehead atoms. The average Bonchev–Trinajstić information content (AvgIpc) is 2.72. The molecule has 3 heteroatoms. The van der Waals surface area contributed by atoms with E-state index in [-0.39, 0.29) is 5.91 Å². The van der Waals surface area contributed by atoms with Crippen molar-refractivity contribution in [3.8, 4) is 0 Å². The summed E-state index contributed by atoms with van der Waals surface area (Å²) in [7, 11) is 0. The molecule has 1 fully saturated rings. The van der Waals surface area contributed by atoms with Crippen LogP contribution in [0.15, 0.2) is 0 Å². The molecule has 0 aromatic carbocycles. The van der Waals surface area contributed by atoms with Gasteiger partial charge in [-0.25, -0.2) is 0 Å². The summed E-state index contributed by atoms with van der Waals surface area (Å²) in [4.78, 5) is 11.7. The van der Waals surface area contributed by atoms with Crippen molar-refractivity contribution in [1.82, 2.24) is 5.32 Å². The Morgan fingerprint density at radius 3 is 2.59 bits per heavy atom. The van der Waals surface area contributed by atoms with E-state index in [9.17, 15) is 4.79 Å². The van der Waals surface area contributed by atoms with Crippen molar-refractivity contribution in [3.05, 3.63) is 0 Å². The van der Waals surface area contributed by atoms with Crippen LogP contribution in [0.25, 0.3) is 0 Å². The van der Waals surface area contributed by atoms with Gasteiger partial charge in [0.25, 0.3) is 0 Å². The number of nitrogens with one attached hydrogen (secondary N) is 1. The van der Waals surface area contributed by atoms with E-state index in [0.29, 0.717) is 17.8 Å². The summed E-state index contributed by atoms with van der Waals surface area (Å²) < 4.78 is 0. The van der Waals surface area contributed by atoms with Crippen molar-refractivity contribution in [3.63, 3.8) is 0 Å². The van der Waals surface area contributed by atoms with Crippen LogP contribution in [0.1, 0.15) is 58.8 Å². The zero-order chi connectivity index (χ0) is 12.7. The summed E-state index contributed by atoms with van der Waals surface area (Å²) in [5, 5.41) is 3.09. The van der Waals surface area contributed by atoms with E-state index < -0.39 is 0 Å². The molecule has 0 radical (unpaired) electrons. The molecule has 0 heterocycles. The van der Waals surface area contributed by atoms with E-state index in [1.54, 1.807) is 0 Å². The number of nitrogens with two attached hydrogens (primary N) is 1. The molecule has 17 heavy (non-hydrogen) atoms. The van der Waals surface area contributed by atoms with E-state index in [1.165, 1.54) is 25.7 Å². The molecule has 1 amide bonds. The summed E-state index contributed by atoms with van der Waals surface area (Å²) in [5.41, 5.74) is 5.85. The highest BCUT2D eigenvalue weighted by Crippen LogP contribution is 2.36. The fourth-order valence-corrected chi connectivity index (χ4v) is 2.61. The van der Waals surface area contributed by atoms with Crippen LogP contribution in [0.4, 0.5) is 0 Å². The average molecular weight is 240 g/mol. The summed E-state index contributed by atoms with van der Waals surface area (Å²) in [5.74, 6) is 0.773. The fraction of sp³-hybridized carbons (Fsp3) is 0.929. The van der Waals surface area contributed by atoms with Crippen molar-refractivity contribution in [2.24, 2.45) is 17.1 Å². The molecule has 1 rings (SSSR count). The Morgan fingerprint density at radius 1 is 1.35 bits per heavy atom. The quantitative estimate of drug-likeness (QED) is 0.718. The monoisotopic (exact) mass is 240 g/mol. The second kappa shape index (κ2) is 7.00. The Hall–Kier alpha value is -0.570. The fourth-order valence-electron chi connectivity index (χ4n) is 2.61. The highest BCUT2D eigenvalue weighted by molar-refractivity contribution is 5.75. The van der Waals surface area contributed by atoms with Crippen LogP contribution in [0.5, 0.6) is 0 Å². The first-order chi connectivity index (χ1) is 8.06. The maximum atomic E-state index is 11.7. The number of rotatable bonds is 7. The minimum atomic E-state index is 0.210. The van der Waals surface area contributed by atoms with Crippen LogP contribution in [-0.4, -0.2) is 19.0 Å². The predicted molar refractivity (Wildman–Crippen MR) is 71.7 cm³/mol. The minimum Gasteiger partial charge on any atom is -0.356 e. The van der Waals surface area contributed by atoms with Crippen molar-refractivity contribution in [1.29, 1.82) is 0 Å². The lowest BCUT2D eigenvalue weighted by atomic mass is 9.89. The van der Waals surface area contributed by atoms with Crippen LogP contribution < -0.4 is 11.1 Å². The van der Waals surface area contributed by atoms with Crippen molar-refractivity contribution < 1.29 is 4.79 Å². The van der Waals surface area contributed by atoms with Crippen LogP contribution in [0.2, 0.25) is 0 Å². The van der Waals surface area contributed by atoms with Gasteiger partial charge in [-0.3, -0.25) is 4.79 Å². The van der Waals surface area contributed by atoms with Gasteiger partial charge in [0.15, 0.2) is 0 Å². The van der Waals surface area contributed by atoms with Gasteiger partial charge in [-0.1, -0.05) is 26.7 Å². The summed E-state index contributed by atoms with van der Waals surface area (Å²) in [6.07, 6.45) is 7.79. The van der Waals surface area contributed by atoms with Gasteiger partial charge in [0.2, 0.25) is 5.91 Å². The largest absolute Gasteiger partial charge is 0.356 e. The van der Waals surface area contributed by atoms with Crippen molar-refractivity contribution >= 4 is 5.91 Å². The molecule has 0 saturated heterocycles. The molecule has 1 aliphatic rings. The Morgan fingerprint density at radius 2 is 2.00 bits per heavy atom. The summed E-state index contributed by atoms with van der Waals surface area (Å²) >= 11 is 0. The maximum absolute atomic E-state index is 11.7. The normalized spacial score (nSPS) is 20.2. The van der Waals surface area contributed by atoms with Crippen LogP contribution in [-0.2, 0) is 4.79 Å². The summed E-state index contributed by atoms with van der Waals surface area (Å²) in [6.45, 7) is 6.04. The topological polar surface area (TPSA) is 55.1 Å². The lowest BCUT2D eigenvalue weighted by molar-refractivity contribution is -0.121. The first-order valence-corrected chi connectivity index (χ1v) is 7.02. The molecule has 0 aliphatic heterocycles. The minimum absolute atomic E-state index is 0.210. The van der Waals surface area contributed by atoms with Gasteiger partial charge in [-0.15, -0.1) is 0 Å². The number of hydrogen-bond donors (Lipinski definition) is 2. The second-order valence-corrected chi connectivity index (χ2v) is 6.02. The van der Waals surface area contributed by atoms with Gasteiger partial charge in [0.1, 0.15) is 0 Å². The molecule has 1 aliphatic carbocycles. The van der Waals surface area contributed by atoms with Gasteiger partial charge in [-0.05, 0) is 43.6 Å². The van der Waals surface area contributed by atoms with Crippen LogP contribution >= 0.6 is 0 Å². The van der Waals surface area contributed by atoms with E-state index in [0.717, 1.165) is 25.9 Å². The molecule has 3 N–H and O–H groups in total. The highest BCUT2D eigenvalue weighted by Gasteiger charge is 2.28. The zero-order valence-electron chi connectivity index (χ0n) is 11.4. The van der Waals surface area contributed by atoms with E-state index >= 15 is 0 Å². The van der Waals surface area contributed by atoms with Gasteiger partial charge in [0.05, 0.1) is 0 Å². The first kappa shape index (κ1) is 14.5. The zero-order valence-corrected chi connectivity index (χ0v) is 11.4. The molecule has 1 atom stereocenters. The Kier molecular flexibility index (Phi) is 5.96. The van der Waals surface area contributed by atoms with Gasteiger partial charge in [-0.2, -0.15) is 0 Å². The number of hydrogen-bond acceptors (Lipinski definition) is 2. The van der Waals surface area contributed by atoms with E-state index in [1.807, 2.05) is 0 Å². The van der Waals surface area contributed by atoms with Gasteiger partial charge in [0, 0.05) is 13.0 Å². The van der Waals surface area contributed by atoms with Gasteiger partial charge < -0.3 is 11.1 Å². The SMILES string of the molecule is CC(CCN)CCC(=O)NCC1(C)CCCC1. The second-order valence-electron chi connectivity index (χ2n) is 6.02. The molecular weight excluding hydrogens is 212 g/mol. The number of carbonyl (C=O) groups is 1. The number of carbonyl (C=O) groups excluding carboxylic acids is 1. The first-order valence-electron chi connectivity index (χ1n) is 7.02. The van der Waals surface area contributed by atoms with Crippen molar-refractivity contribution in [2.75, 3.05) is 13.1 Å². The molecule has 100 valence electrons. The predicted octanol–water partition coefficient (Wildman–Crippen LogP) is 2.45. The summed E-state index contributed by atoms with van der Waals surface area (Å²) in [6, 6.07) is 0. The van der Waals surface area contributed by atoms with E-state index in [4.69, 9.17) is 5.73 Å². The van der Waals surface area contributed by atoms with Crippen LogP contribution in [0, 0.1) is 11.3 Å².